The van der Waals surface area contributed by atoms with E-state index in [1.165, 1.54) is 5.56 Å². The van der Waals surface area contributed by atoms with Crippen LogP contribution in [0.1, 0.15) is 34.4 Å². The van der Waals surface area contributed by atoms with Gasteiger partial charge in [0.15, 0.2) is 0 Å². The first-order valence-corrected chi connectivity index (χ1v) is 10.5. The van der Waals surface area contributed by atoms with Crippen molar-refractivity contribution in [2.45, 2.75) is 31.5 Å². The van der Waals surface area contributed by atoms with E-state index in [0.29, 0.717) is 22.9 Å². The molecule has 0 bridgehead atoms. The number of ether oxygens (including phenoxy) is 3. The van der Waals surface area contributed by atoms with Gasteiger partial charge >= 0.3 is 6.09 Å². The van der Waals surface area contributed by atoms with Crippen molar-refractivity contribution in [1.82, 2.24) is 15.0 Å². The largest absolute Gasteiger partial charge is 0.489 e. The molecule has 1 aliphatic carbocycles. The summed E-state index contributed by atoms with van der Waals surface area (Å²) >= 11 is 0. The number of H-pyrrole nitrogens is 1. The number of pyridine rings is 1. The smallest absolute Gasteiger partial charge is 0.413 e. The van der Waals surface area contributed by atoms with Crippen molar-refractivity contribution in [2.24, 2.45) is 0 Å². The molecule has 3 unspecified atom stereocenters. The second-order valence-electron chi connectivity index (χ2n) is 8.42. The second-order valence-corrected chi connectivity index (χ2v) is 8.42. The molecule has 1 saturated carbocycles. The summed E-state index contributed by atoms with van der Waals surface area (Å²) in [5, 5.41) is 2.60. The maximum absolute atomic E-state index is 11.4. The molecule has 2 aliphatic heterocycles. The van der Waals surface area contributed by atoms with Crippen molar-refractivity contribution in [1.29, 1.82) is 0 Å². The number of anilines is 1. The number of hydrogen-bond donors (Lipinski definition) is 2. The van der Waals surface area contributed by atoms with Crippen LogP contribution in [0.25, 0.3) is 11.0 Å². The minimum Gasteiger partial charge on any atom is -0.489 e. The maximum Gasteiger partial charge on any atom is 0.413 e. The van der Waals surface area contributed by atoms with Crippen LogP contribution in [0.4, 0.5) is 10.6 Å². The number of carbonyl (C=O) groups excluding carboxylic acids is 1. The number of carbonyl (C=O) groups is 1. The van der Waals surface area contributed by atoms with Crippen LogP contribution in [-0.4, -0.2) is 27.1 Å². The molecule has 7 rings (SSSR count). The number of benzene rings is 2. The first-order chi connectivity index (χ1) is 15.6. The summed E-state index contributed by atoms with van der Waals surface area (Å²) in [6, 6.07) is 13.9. The SMILES string of the molecule is Cc1ccc2nc(C3C4Oc5ccc(Oc6ccnc7c6COC(=O)N7)cc5C43)[nH]c2c1. The predicted molar refractivity (Wildman–Crippen MR) is 115 cm³/mol. The lowest BCUT2D eigenvalue weighted by molar-refractivity contribution is 0.150. The lowest BCUT2D eigenvalue weighted by atomic mass is 10.1. The minimum absolute atomic E-state index is 0.0965. The Morgan fingerprint density at radius 2 is 2.06 bits per heavy atom. The summed E-state index contributed by atoms with van der Waals surface area (Å²) in [6.07, 6.45) is 1.19. The van der Waals surface area contributed by atoms with Crippen LogP contribution in [0.2, 0.25) is 0 Å². The molecule has 32 heavy (non-hydrogen) atoms. The first kappa shape index (κ1) is 17.6. The van der Waals surface area contributed by atoms with E-state index < -0.39 is 6.09 Å². The summed E-state index contributed by atoms with van der Waals surface area (Å²) in [5.41, 5.74) is 5.07. The monoisotopic (exact) mass is 426 g/mol. The fraction of sp³-hybridized carbons (Fsp3) is 0.208. The van der Waals surface area contributed by atoms with E-state index in [1.807, 2.05) is 24.3 Å². The number of fused-ring (bicyclic) bond motifs is 5. The van der Waals surface area contributed by atoms with Crippen molar-refractivity contribution in [2.75, 3.05) is 5.32 Å². The van der Waals surface area contributed by atoms with Crippen LogP contribution in [0, 0.1) is 6.92 Å². The molecule has 0 spiro atoms. The van der Waals surface area contributed by atoms with E-state index in [2.05, 4.69) is 34.3 Å². The molecule has 3 aliphatic rings. The van der Waals surface area contributed by atoms with Gasteiger partial charge in [-0.1, -0.05) is 6.07 Å². The van der Waals surface area contributed by atoms with Gasteiger partial charge in [-0.2, -0.15) is 0 Å². The minimum atomic E-state index is -0.511. The number of cyclic esters (lactones) is 1. The molecule has 4 aromatic rings. The van der Waals surface area contributed by atoms with E-state index >= 15 is 0 Å². The number of rotatable bonds is 3. The van der Waals surface area contributed by atoms with Gasteiger partial charge < -0.3 is 19.2 Å². The molecule has 4 heterocycles. The van der Waals surface area contributed by atoms with Crippen LogP contribution in [0.3, 0.4) is 0 Å². The van der Waals surface area contributed by atoms with Gasteiger partial charge in [0, 0.05) is 17.7 Å². The molecule has 8 nitrogen and oxygen atoms in total. The lowest BCUT2D eigenvalue weighted by Gasteiger charge is -2.19. The average molecular weight is 426 g/mol. The van der Waals surface area contributed by atoms with E-state index in [1.54, 1.807) is 12.3 Å². The molecule has 1 fully saturated rings. The molecule has 2 aromatic carbocycles. The molecule has 2 aromatic heterocycles. The third-order valence-corrected chi connectivity index (χ3v) is 6.34. The average Bonchev–Trinajstić information content (AvgIpc) is 3.14. The standard InChI is InChI=1S/C24H18N4O4/c1-11-2-4-15-16(8-11)27-23(26-15)20-19-13-9-12(3-5-17(13)32-21(19)20)31-18-6-7-25-22-14(18)10-30-24(29)28-22/h2-9,19-21H,10H2,1H3,(H,26,27)(H,25,28,29). The van der Waals surface area contributed by atoms with Crippen LogP contribution in [0.15, 0.2) is 48.7 Å². The number of nitrogens with zero attached hydrogens (tertiary/aromatic N) is 2. The van der Waals surface area contributed by atoms with Gasteiger partial charge in [0.25, 0.3) is 0 Å². The fourth-order valence-electron chi connectivity index (χ4n) is 4.75. The van der Waals surface area contributed by atoms with Gasteiger partial charge in [0.2, 0.25) is 0 Å². The third kappa shape index (κ3) is 2.59. The molecule has 3 atom stereocenters. The van der Waals surface area contributed by atoms with Crippen molar-refractivity contribution in [3.63, 3.8) is 0 Å². The fourth-order valence-corrected chi connectivity index (χ4v) is 4.75. The van der Waals surface area contributed by atoms with E-state index in [4.69, 9.17) is 19.2 Å². The van der Waals surface area contributed by atoms with Crippen LogP contribution < -0.4 is 14.8 Å². The lowest BCUT2D eigenvalue weighted by Crippen LogP contribution is -2.21. The Bertz CT molecular complexity index is 1430. The number of nitrogens with one attached hydrogen (secondary N) is 2. The zero-order valence-corrected chi connectivity index (χ0v) is 17.1. The van der Waals surface area contributed by atoms with E-state index in [0.717, 1.165) is 28.2 Å². The quantitative estimate of drug-likeness (QED) is 0.490. The summed E-state index contributed by atoms with van der Waals surface area (Å²) < 4.78 is 17.4. The predicted octanol–water partition coefficient (Wildman–Crippen LogP) is 4.76. The van der Waals surface area contributed by atoms with Gasteiger partial charge in [-0.25, -0.2) is 14.8 Å². The highest BCUT2D eigenvalue weighted by Gasteiger charge is 2.61. The molecular weight excluding hydrogens is 408 g/mol. The van der Waals surface area contributed by atoms with E-state index in [9.17, 15) is 4.79 Å². The van der Waals surface area contributed by atoms with Crippen LogP contribution >= 0.6 is 0 Å². The van der Waals surface area contributed by atoms with Gasteiger partial charge in [-0.3, -0.25) is 5.32 Å². The first-order valence-electron chi connectivity index (χ1n) is 10.5. The molecule has 158 valence electrons. The number of aromatic amines is 1. The highest BCUT2D eigenvalue weighted by molar-refractivity contribution is 5.86. The molecule has 0 radical (unpaired) electrons. The van der Waals surface area contributed by atoms with Crippen molar-refractivity contribution in [3.8, 4) is 17.2 Å². The number of hydrogen-bond acceptors (Lipinski definition) is 6. The Morgan fingerprint density at radius 1 is 1.12 bits per heavy atom. The van der Waals surface area contributed by atoms with Crippen LogP contribution in [-0.2, 0) is 11.3 Å². The number of amides is 1. The topological polar surface area (TPSA) is 98.4 Å². The highest BCUT2D eigenvalue weighted by Crippen LogP contribution is 2.63. The van der Waals surface area contributed by atoms with Gasteiger partial charge in [0.05, 0.1) is 22.5 Å². The Balaban J connectivity index is 1.18. The number of imidazole rings is 1. The molecule has 0 saturated heterocycles. The number of aromatic nitrogens is 3. The highest BCUT2D eigenvalue weighted by atomic mass is 16.6. The second kappa shape index (κ2) is 6.23. The Morgan fingerprint density at radius 3 is 3.00 bits per heavy atom. The zero-order chi connectivity index (χ0) is 21.4. The van der Waals surface area contributed by atoms with Crippen molar-refractivity contribution >= 4 is 22.9 Å². The van der Waals surface area contributed by atoms with Crippen molar-refractivity contribution in [3.05, 3.63) is 71.2 Å². The Kier molecular flexibility index (Phi) is 3.42. The molecule has 2 N–H and O–H groups in total. The summed E-state index contributed by atoms with van der Waals surface area (Å²) in [7, 11) is 0. The van der Waals surface area contributed by atoms with Crippen LogP contribution in [0.5, 0.6) is 17.2 Å². The van der Waals surface area contributed by atoms with Gasteiger partial charge in [-0.15, -0.1) is 0 Å². The maximum atomic E-state index is 11.4. The number of aryl methyl sites for hydroxylation is 1. The van der Waals surface area contributed by atoms with E-state index in [-0.39, 0.29) is 24.5 Å². The molecule has 1 amide bonds. The van der Waals surface area contributed by atoms with Gasteiger partial charge in [-0.05, 0) is 48.9 Å². The third-order valence-electron chi connectivity index (χ3n) is 6.34. The molecule has 8 heteroatoms. The Labute approximate surface area is 182 Å². The normalized spacial score (nSPS) is 22.3. The summed E-state index contributed by atoms with van der Waals surface area (Å²) in [6.45, 7) is 2.20. The van der Waals surface area contributed by atoms with Gasteiger partial charge in [0.1, 0.15) is 41.6 Å². The Hall–Kier alpha value is -4.07. The summed E-state index contributed by atoms with van der Waals surface area (Å²) in [5.74, 6) is 4.09. The van der Waals surface area contributed by atoms with Crippen molar-refractivity contribution < 1.29 is 19.0 Å². The summed E-state index contributed by atoms with van der Waals surface area (Å²) in [4.78, 5) is 23.9. The molecular formula is C24H18N4O4. The zero-order valence-electron chi connectivity index (χ0n) is 17.1.